The largest absolute Gasteiger partial charge is 0.295 e. The van der Waals surface area contributed by atoms with E-state index in [2.05, 4.69) is 15.8 Å². The molecule has 0 unspecified atom stereocenters. The zero-order chi connectivity index (χ0) is 22.6. The maximum absolute atomic E-state index is 13.1. The van der Waals surface area contributed by atoms with Gasteiger partial charge < -0.3 is 0 Å². The number of likely N-dealkylation sites (N-methyl/N-ethyl adjacent to an activating group) is 1. The fourth-order valence-corrected chi connectivity index (χ4v) is 3.83. The molecule has 2 N–H and O–H groups in total. The first-order valence-electron chi connectivity index (χ1n) is 8.78. The third-order valence-corrected chi connectivity index (χ3v) is 6.25. The van der Waals surface area contributed by atoms with Crippen LogP contribution in [0.15, 0.2) is 66.0 Å². The van der Waals surface area contributed by atoms with Crippen LogP contribution >= 0.6 is 11.6 Å². The Morgan fingerprint density at radius 3 is 2.39 bits per heavy atom. The molecular weight excluding hydrogens is 449 g/mol. The monoisotopic (exact) mass is 465 g/mol. The van der Waals surface area contributed by atoms with E-state index in [0.717, 1.165) is 4.31 Å². The van der Waals surface area contributed by atoms with E-state index in [-0.39, 0.29) is 10.6 Å². The van der Waals surface area contributed by atoms with Crippen LogP contribution in [0.25, 0.3) is 5.69 Å². The van der Waals surface area contributed by atoms with Gasteiger partial charge >= 0.3 is 0 Å². The first-order chi connectivity index (χ1) is 14.7. The number of aromatic nitrogens is 2. The summed E-state index contributed by atoms with van der Waals surface area (Å²) in [6, 6.07) is 10.9. The van der Waals surface area contributed by atoms with Gasteiger partial charge in [0.2, 0.25) is 10.0 Å². The van der Waals surface area contributed by atoms with Gasteiger partial charge in [-0.05, 0) is 48.5 Å². The Kier molecular flexibility index (Phi) is 6.68. The molecule has 3 rings (SSSR count). The molecule has 1 heterocycles. The van der Waals surface area contributed by atoms with Crippen LogP contribution < -0.4 is 10.9 Å². The Bertz CT molecular complexity index is 1200. The SMILES string of the molecule is CN(CC(=O)NNC(=O)c1cncn1-c1ccc(F)cc1)S(=O)(=O)c1ccc(Cl)cc1. The summed E-state index contributed by atoms with van der Waals surface area (Å²) in [6.07, 6.45) is 2.62. The molecule has 12 heteroatoms. The Morgan fingerprint density at radius 2 is 1.74 bits per heavy atom. The molecule has 0 radical (unpaired) electrons. The molecular formula is C19H17ClFN5O4S. The Labute approximate surface area is 182 Å². The molecule has 0 fully saturated rings. The van der Waals surface area contributed by atoms with Crippen LogP contribution in [0, 0.1) is 5.82 Å². The number of benzene rings is 2. The summed E-state index contributed by atoms with van der Waals surface area (Å²) in [6.45, 7) is -0.539. The third-order valence-electron chi connectivity index (χ3n) is 4.18. The molecule has 2 amide bonds. The molecule has 31 heavy (non-hydrogen) atoms. The summed E-state index contributed by atoms with van der Waals surface area (Å²) in [5.41, 5.74) is 4.92. The number of nitrogens with zero attached hydrogens (tertiary/aromatic N) is 3. The molecule has 0 atom stereocenters. The second kappa shape index (κ2) is 9.25. The van der Waals surface area contributed by atoms with Crippen molar-refractivity contribution in [1.29, 1.82) is 0 Å². The molecule has 162 valence electrons. The molecule has 9 nitrogen and oxygen atoms in total. The number of hydrogen-bond acceptors (Lipinski definition) is 5. The van der Waals surface area contributed by atoms with Crippen molar-refractivity contribution < 1.29 is 22.4 Å². The summed E-state index contributed by atoms with van der Waals surface area (Å²) >= 11 is 5.76. The minimum absolute atomic E-state index is 0.0283. The zero-order valence-electron chi connectivity index (χ0n) is 16.1. The van der Waals surface area contributed by atoms with E-state index in [4.69, 9.17) is 11.6 Å². The van der Waals surface area contributed by atoms with Crippen molar-refractivity contribution in [2.45, 2.75) is 4.90 Å². The number of hydrogen-bond donors (Lipinski definition) is 2. The molecule has 1 aromatic heterocycles. The Balaban J connectivity index is 1.61. The number of halogens is 2. The number of carbonyl (C=O) groups excluding carboxylic acids is 2. The van der Waals surface area contributed by atoms with Gasteiger partial charge in [0.05, 0.1) is 24.0 Å². The fourth-order valence-electron chi connectivity index (χ4n) is 2.57. The van der Waals surface area contributed by atoms with Gasteiger partial charge in [-0.25, -0.2) is 17.8 Å². The summed E-state index contributed by atoms with van der Waals surface area (Å²) in [7, 11) is -2.69. The van der Waals surface area contributed by atoms with Crippen molar-refractivity contribution >= 4 is 33.4 Å². The van der Waals surface area contributed by atoms with E-state index in [0.29, 0.717) is 10.7 Å². The molecule has 0 saturated heterocycles. The maximum Gasteiger partial charge on any atom is 0.288 e. The summed E-state index contributed by atoms with van der Waals surface area (Å²) in [5, 5.41) is 0.377. The van der Waals surface area contributed by atoms with Crippen molar-refractivity contribution in [3.05, 3.63) is 77.6 Å². The van der Waals surface area contributed by atoms with Crippen molar-refractivity contribution in [3.8, 4) is 5.69 Å². The van der Waals surface area contributed by atoms with E-state index >= 15 is 0 Å². The van der Waals surface area contributed by atoms with Gasteiger partial charge in [-0.15, -0.1) is 0 Å². The predicted octanol–water partition coefficient (Wildman–Crippen LogP) is 1.75. The smallest absolute Gasteiger partial charge is 0.288 e. The highest BCUT2D eigenvalue weighted by molar-refractivity contribution is 7.89. The van der Waals surface area contributed by atoms with E-state index in [1.54, 1.807) is 0 Å². The quantitative estimate of drug-likeness (QED) is 0.538. The topological polar surface area (TPSA) is 113 Å². The van der Waals surface area contributed by atoms with Crippen LogP contribution in [-0.2, 0) is 14.8 Å². The molecule has 0 spiro atoms. The van der Waals surface area contributed by atoms with Gasteiger partial charge in [-0.1, -0.05) is 11.6 Å². The van der Waals surface area contributed by atoms with Crippen molar-refractivity contribution in [2.75, 3.05) is 13.6 Å². The molecule has 0 saturated carbocycles. The number of sulfonamides is 1. The van der Waals surface area contributed by atoms with E-state index < -0.39 is 34.2 Å². The summed E-state index contributed by atoms with van der Waals surface area (Å²) < 4.78 is 40.4. The van der Waals surface area contributed by atoms with Gasteiger partial charge in [0.1, 0.15) is 11.5 Å². The van der Waals surface area contributed by atoms with Gasteiger partial charge in [-0.3, -0.25) is 25.0 Å². The van der Waals surface area contributed by atoms with Gasteiger partial charge in [0.15, 0.2) is 0 Å². The summed E-state index contributed by atoms with van der Waals surface area (Å²) in [5.74, 6) is -1.89. The highest BCUT2D eigenvalue weighted by Crippen LogP contribution is 2.17. The lowest BCUT2D eigenvalue weighted by Crippen LogP contribution is -2.47. The van der Waals surface area contributed by atoms with E-state index in [9.17, 15) is 22.4 Å². The number of amides is 2. The Morgan fingerprint density at radius 1 is 1.10 bits per heavy atom. The molecule has 2 aromatic carbocycles. The standard InChI is InChI=1S/C19H17ClFN5O4S/c1-25(31(29,30)16-8-2-13(20)3-9-16)11-18(27)23-24-19(28)17-10-22-12-26(17)15-6-4-14(21)5-7-15/h2-10,12H,11H2,1H3,(H,23,27)(H,24,28). The van der Waals surface area contributed by atoms with Crippen LogP contribution in [0.4, 0.5) is 4.39 Å². The van der Waals surface area contributed by atoms with Crippen LogP contribution in [0.3, 0.4) is 0 Å². The van der Waals surface area contributed by atoms with Crippen LogP contribution in [0.2, 0.25) is 5.02 Å². The van der Waals surface area contributed by atoms with Gasteiger partial charge in [0.25, 0.3) is 11.8 Å². The highest BCUT2D eigenvalue weighted by Gasteiger charge is 2.23. The fraction of sp³-hybridized carbons (Fsp3) is 0.105. The number of rotatable bonds is 6. The lowest BCUT2D eigenvalue weighted by Gasteiger charge is -2.17. The molecule has 0 aliphatic carbocycles. The minimum Gasteiger partial charge on any atom is -0.295 e. The molecule has 3 aromatic rings. The highest BCUT2D eigenvalue weighted by atomic mass is 35.5. The number of hydrazine groups is 1. The van der Waals surface area contributed by atoms with Crippen LogP contribution in [-0.4, -0.2) is 47.7 Å². The van der Waals surface area contributed by atoms with Crippen LogP contribution in [0.1, 0.15) is 10.5 Å². The second-order valence-electron chi connectivity index (χ2n) is 6.34. The van der Waals surface area contributed by atoms with Crippen molar-refractivity contribution in [1.82, 2.24) is 24.7 Å². The van der Waals surface area contributed by atoms with Gasteiger partial charge in [0, 0.05) is 17.8 Å². The van der Waals surface area contributed by atoms with E-state index in [1.807, 2.05) is 0 Å². The minimum atomic E-state index is -3.92. The average Bonchev–Trinajstić information content (AvgIpc) is 3.23. The first-order valence-corrected chi connectivity index (χ1v) is 10.6. The maximum atomic E-state index is 13.1. The first kappa shape index (κ1) is 22.4. The molecule has 0 bridgehead atoms. The summed E-state index contributed by atoms with van der Waals surface area (Å²) in [4.78, 5) is 28.4. The average molecular weight is 466 g/mol. The third kappa shape index (κ3) is 5.26. The van der Waals surface area contributed by atoms with Crippen molar-refractivity contribution in [2.24, 2.45) is 0 Å². The normalized spacial score (nSPS) is 11.4. The second-order valence-corrected chi connectivity index (χ2v) is 8.82. The van der Waals surface area contributed by atoms with Crippen LogP contribution in [0.5, 0.6) is 0 Å². The van der Waals surface area contributed by atoms with E-state index in [1.165, 1.54) is 72.7 Å². The number of nitrogens with one attached hydrogen (secondary N) is 2. The van der Waals surface area contributed by atoms with Crippen molar-refractivity contribution in [3.63, 3.8) is 0 Å². The van der Waals surface area contributed by atoms with Gasteiger partial charge in [-0.2, -0.15) is 4.31 Å². The zero-order valence-corrected chi connectivity index (χ0v) is 17.7. The predicted molar refractivity (Wildman–Crippen MR) is 110 cm³/mol. The lowest BCUT2D eigenvalue weighted by atomic mass is 10.3. The molecule has 0 aliphatic rings. The number of imidazole rings is 1. The Hall–Kier alpha value is -3.28. The molecule has 0 aliphatic heterocycles. The lowest BCUT2D eigenvalue weighted by molar-refractivity contribution is -0.121. The number of carbonyl (C=O) groups is 2.